The first-order valence-electron chi connectivity index (χ1n) is 6.15. The lowest BCUT2D eigenvalue weighted by Gasteiger charge is -2.37. The number of amides is 1. The van der Waals surface area contributed by atoms with Gasteiger partial charge in [0.15, 0.2) is 0 Å². The van der Waals surface area contributed by atoms with Crippen LogP contribution in [-0.4, -0.2) is 29.3 Å². The van der Waals surface area contributed by atoms with Crippen molar-refractivity contribution in [3.8, 4) is 0 Å². The van der Waals surface area contributed by atoms with Gasteiger partial charge in [-0.1, -0.05) is 0 Å². The van der Waals surface area contributed by atoms with Gasteiger partial charge in [0, 0.05) is 18.5 Å². The SMILES string of the molecule is Cc1occc1C(=O)N(CCCCl)C1CCC1. The zero-order valence-corrected chi connectivity index (χ0v) is 10.9. The maximum absolute atomic E-state index is 12.4. The van der Waals surface area contributed by atoms with E-state index in [1.165, 1.54) is 6.42 Å². The van der Waals surface area contributed by atoms with E-state index in [1.54, 1.807) is 12.3 Å². The van der Waals surface area contributed by atoms with Crippen molar-refractivity contribution in [1.29, 1.82) is 0 Å². The Hall–Kier alpha value is -0.960. The molecule has 94 valence electrons. The lowest BCUT2D eigenvalue weighted by Crippen LogP contribution is -2.44. The van der Waals surface area contributed by atoms with Gasteiger partial charge in [-0.2, -0.15) is 0 Å². The Bertz CT molecular complexity index is 385. The van der Waals surface area contributed by atoms with E-state index in [1.807, 2.05) is 11.8 Å². The molecule has 0 aromatic carbocycles. The molecule has 1 heterocycles. The zero-order chi connectivity index (χ0) is 12.3. The number of furan rings is 1. The molecule has 0 radical (unpaired) electrons. The average molecular weight is 256 g/mol. The van der Waals surface area contributed by atoms with Gasteiger partial charge in [0.05, 0.1) is 11.8 Å². The summed E-state index contributed by atoms with van der Waals surface area (Å²) in [6.45, 7) is 2.57. The minimum absolute atomic E-state index is 0.0890. The van der Waals surface area contributed by atoms with Crippen LogP contribution >= 0.6 is 11.6 Å². The Morgan fingerprint density at radius 3 is 2.82 bits per heavy atom. The first kappa shape index (κ1) is 12.5. The number of aryl methyl sites for hydroxylation is 1. The van der Waals surface area contributed by atoms with Gasteiger partial charge >= 0.3 is 0 Å². The molecule has 0 spiro atoms. The molecule has 1 aromatic rings. The fourth-order valence-electron chi connectivity index (χ4n) is 2.14. The number of hydrogen-bond donors (Lipinski definition) is 0. The Balaban J connectivity index is 2.09. The lowest BCUT2D eigenvalue weighted by atomic mass is 9.91. The molecule has 0 saturated heterocycles. The van der Waals surface area contributed by atoms with E-state index >= 15 is 0 Å². The van der Waals surface area contributed by atoms with Crippen LogP contribution in [0.2, 0.25) is 0 Å². The molecule has 0 atom stereocenters. The minimum Gasteiger partial charge on any atom is -0.469 e. The van der Waals surface area contributed by atoms with Gasteiger partial charge in [-0.15, -0.1) is 11.6 Å². The smallest absolute Gasteiger partial charge is 0.257 e. The van der Waals surface area contributed by atoms with Gasteiger partial charge in [-0.25, -0.2) is 0 Å². The number of halogens is 1. The molecule has 1 fully saturated rings. The second kappa shape index (κ2) is 5.58. The number of alkyl halides is 1. The normalized spacial score (nSPS) is 15.6. The molecule has 17 heavy (non-hydrogen) atoms. The molecule has 0 aliphatic heterocycles. The fourth-order valence-corrected chi connectivity index (χ4v) is 2.26. The van der Waals surface area contributed by atoms with E-state index in [2.05, 4.69) is 0 Å². The van der Waals surface area contributed by atoms with Crippen LogP contribution in [0, 0.1) is 6.92 Å². The van der Waals surface area contributed by atoms with Crippen LogP contribution in [0.1, 0.15) is 41.8 Å². The Morgan fingerprint density at radius 1 is 1.59 bits per heavy atom. The molecule has 1 aromatic heterocycles. The van der Waals surface area contributed by atoms with Crippen molar-refractivity contribution in [3.05, 3.63) is 23.7 Å². The molecule has 0 bridgehead atoms. The van der Waals surface area contributed by atoms with Crippen LogP contribution in [0.25, 0.3) is 0 Å². The maximum Gasteiger partial charge on any atom is 0.257 e. The van der Waals surface area contributed by atoms with Gasteiger partial charge in [0.25, 0.3) is 5.91 Å². The molecule has 0 unspecified atom stereocenters. The number of rotatable bonds is 5. The predicted molar refractivity (Wildman–Crippen MR) is 67.5 cm³/mol. The summed E-state index contributed by atoms with van der Waals surface area (Å²) in [4.78, 5) is 14.4. The van der Waals surface area contributed by atoms with Gasteiger partial charge in [0.2, 0.25) is 0 Å². The van der Waals surface area contributed by atoms with Crippen molar-refractivity contribution in [1.82, 2.24) is 4.90 Å². The van der Waals surface area contributed by atoms with Gasteiger partial charge in [-0.05, 0) is 38.7 Å². The molecule has 0 N–H and O–H groups in total. The topological polar surface area (TPSA) is 33.5 Å². The van der Waals surface area contributed by atoms with E-state index in [-0.39, 0.29) is 5.91 Å². The molecule has 1 amide bonds. The highest BCUT2D eigenvalue weighted by Crippen LogP contribution is 2.27. The summed E-state index contributed by atoms with van der Waals surface area (Å²) in [6, 6.07) is 2.16. The van der Waals surface area contributed by atoms with Gasteiger partial charge < -0.3 is 9.32 Å². The van der Waals surface area contributed by atoms with Crippen LogP contribution < -0.4 is 0 Å². The van der Waals surface area contributed by atoms with Gasteiger partial charge in [0.1, 0.15) is 5.76 Å². The number of nitrogens with zero attached hydrogens (tertiary/aromatic N) is 1. The molecule has 3 nitrogen and oxygen atoms in total. The van der Waals surface area contributed by atoms with Gasteiger partial charge in [-0.3, -0.25) is 4.79 Å². The quantitative estimate of drug-likeness (QED) is 0.757. The van der Waals surface area contributed by atoms with Crippen LogP contribution in [0.3, 0.4) is 0 Å². The third-order valence-electron chi connectivity index (χ3n) is 3.40. The summed E-state index contributed by atoms with van der Waals surface area (Å²) in [5.41, 5.74) is 0.687. The highest BCUT2D eigenvalue weighted by molar-refractivity contribution is 6.17. The van der Waals surface area contributed by atoms with Crippen molar-refractivity contribution < 1.29 is 9.21 Å². The molecule has 4 heteroatoms. The second-order valence-electron chi connectivity index (χ2n) is 4.52. The Labute approximate surface area is 107 Å². The average Bonchev–Trinajstić information content (AvgIpc) is 2.67. The van der Waals surface area contributed by atoms with Crippen LogP contribution in [0.15, 0.2) is 16.7 Å². The number of carbonyl (C=O) groups excluding carboxylic acids is 1. The predicted octanol–water partition coefficient (Wildman–Crippen LogP) is 3.21. The van der Waals surface area contributed by atoms with E-state index < -0.39 is 0 Å². The Kier molecular flexibility index (Phi) is 4.11. The molecule has 2 rings (SSSR count). The zero-order valence-electron chi connectivity index (χ0n) is 10.1. The summed E-state index contributed by atoms with van der Waals surface area (Å²) in [5.74, 6) is 1.39. The standard InChI is InChI=1S/C13H18ClNO2/c1-10-12(6-9-17-10)13(16)15(8-3-7-14)11-4-2-5-11/h6,9,11H,2-5,7-8H2,1H3. The highest BCUT2D eigenvalue weighted by Gasteiger charge is 2.30. The van der Waals surface area contributed by atoms with E-state index in [4.69, 9.17) is 16.0 Å². The molecular weight excluding hydrogens is 238 g/mol. The fraction of sp³-hybridized carbons (Fsp3) is 0.615. The number of carbonyl (C=O) groups is 1. The van der Waals surface area contributed by atoms with E-state index in [9.17, 15) is 4.79 Å². The number of hydrogen-bond acceptors (Lipinski definition) is 2. The monoisotopic (exact) mass is 255 g/mol. The molecular formula is C13H18ClNO2. The van der Waals surface area contributed by atoms with Crippen LogP contribution in [0.5, 0.6) is 0 Å². The summed E-state index contributed by atoms with van der Waals surface area (Å²) in [6.07, 6.45) is 5.87. The first-order valence-corrected chi connectivity index (χ1v) is 6.68. The van der Waals surface area contributed by atoms with Crippen molar-refractivity contribution in [2.45, 2.75) is 38.6 Å². The highest BCUT2D eigenvalue weighted by atomic mass is 35.5. The minimum atomic E-state index is 0.0890. The van der Waals surface area contributed by atoms with E-state index in [0.717, 1.165) is 25.8 Å². The van der Waals surface area contributed by atoms with Crippen molar-refractivity contribution in [2.24, 2.45) is 0 Å². The molecule has 1 aliphatic carbocycles. The summed E-state index contributed by atoms with van der Waals surface area (Å²) >= 11 is 5.72. The second-order valence-corrected chi connectivity index (χ2v) is 4.89. The maximum atomic E-state index is 12.4. The molecule has 1 saturated carbocycles. The Morgan fingerprint density at radius 2 is 2.35 bits per heavy atom. The van der Waals surface area contributed by atoms with E-state index in [0.29, 0.717) is 23.2 Å². The first-order chi connectivity index (χ1) is 8.24. The van der Waals surface area contributed by atoms with Crippen molar-refractivity contribution >= 4 is 17.5 Å². The summed E-state index contributed by atoms with van der Waals surface area (Å²) in [5, 5.41) is 0. The third kappa shape index (κ3) is 2.65. The van der Waals surface area contributed by atoms with Crippen LogP contribution in [-0.2, 0) is 0 Å². The molecule has 1 aliphatic rings. The summed E-state index contributed by atoms with van der Waals surface area (Å²) in [7, 11) is 0. The third-order valence-corrected chi connectivity index (χ3v) is 3.67. The summed E-state index contributed by atoms with van der Waals surface area (Å²) < 4.78 is 5.20. The lowest BCUT2D eigenvalue weighted by molar-refractivity contribution is 0.0579. The van der Waals surface area contributed by atoms with Crippen molar-refractivity contribution in [3.63, 3.8) is 0 Å². The van der Waals surface area contributed by atoms with Crippen LogP contribution in [0.4, 0.5) is 0 Å². The largest absolute Gasteiger partial charge is 0.469 e. The van der Waals surface area contributed by atoms with Crippen molar-refractivity contribution in [2.75, 3.05) is 12.4 Å².